The van der Waals surface area contributed by atoms with Crippen molar-refractivity contribution in [1.82, 2.24) is 4.31 Å². The second kappa shape index (κ2) is 3.98. The lowest BCUT2D eigenvalue weighted by molar-refractivity contribution is 0.172. The minimum Gasteiger partial charge on any atom is -0.212 e. The first-order chi connectivity index (χ1) is 7.69. The summed E-state index contributed by atoms with van der Waals surface area (Å²) in [5.74, 6) is 0.701. The van der Waals surface area contributed by atoms with Crippen LogP contribution in [0.5, 0.6) is 0 Å². The molecule has 0 aromatic heterocycles. The molecular weight excluding hydrogens is 222 g/mol. The van der Waals surface area contributed by atoms with Crippen molar-refractivity contribution in [3.05, 3.63) is 0 Å². The van der Waals surface area contributed by atoms with Gasteiger partial charge in [0.05, 0.1) is 5.25 Å². The molecule has 0 bridgehead atoms. The average molecular weight is 243 g/mol. The molecule has 0 spiro atoms. The van der Waals surface area contributed by atoms with Gasteiger partial charge in [0.25, 0.3) is 0 Å². The topological polar surface area (TPSA) is 37.4 Å². The average Bonchev–Trinajstić information content (AvgIpc) is 3.01. The van der Waals surface area contributed by atoms with E-state index in [9.17, 15) is 8.42 Å². The predicted octanol–water partition coefficient (Wildman–Crippen LogP) is 2.13. The molecule has 3 fully saturated rings. The molecule has 1 atom stereocenters. The Morgan fingerprint density at radius 1 is 0.875 bits per heavy atom. The predicted molar refractivity (Wildman–Crippen MR) is 63.6 cm³/mol. The minimum absolute atomic E-state index is 0.0530. The fraction of sp³-hybridized carbons (Fsp3) is 1.00. The Labute approximate surface area is 98.3 Å². The van der Waals surface area contributed by atoms with E-state index in [1.807, 2.05) is 4.31 Å². The van der Waals surface area contributed by atoms with E-state index in [1.54, 1.807) is 0 Å². The van der Waals surface area contributed by atoms with Crippen LogP contribution in [0.4, 0.5) is 0 Å². The van der Waals surface area contributed by atoms with Crippen molar-refractivity contribution in [1.29, 1.82) is 0 Å². The van der Waals surface area contributed by atoms with E-state index in [0.29, 0.717) is 12.0 Å². The quantitative estimate of drug-likeness (QED) is 0.761. The monoisotopic (exact) mass is 243 g/mol. The molecule has 2 saturated carbocycles. The second-order valence-corrected chi connectivity index (χ2v) is 7.77. The Hall–Kier alpha value is -0.0900. The van der Waals surface area contributed by atoms with Crippen molar-refractivity contribution in [3.63, 3.8) is 0 Å². The Balaban J connectivity index is 1.71. The number of hydrogen-bond donors (Lipinski definition) is 0. The summed E-state index contributed by atoms with van der Waals surface area (Å²) in [6.07, 6.45) is 8.83. The molecule has 16 heavy (non-hydrogen) atoms. The summed E-state index contributed by atoms with van der Waals surface area (Å²) in [5.41, 5.74) is 0. The lowest BCUT2D eigenvalue weighted by atomic mass is 10.0. The third-order valence-corrected chi connectivity index (χ3v) is 6.90. The molecule has 1 unspecified atom stereocenters. The summed E-state index contributed by atoms with van der Waals surface area (Å²) in [6.45, 7) is 0.792. The molecule has 0 amide bonds. The Morgan fingerprint density at radius 2 is 1.56 bits per heavy atom. The first-order valence-electron chi connectivity index (χ1n) is 6.70. The van der Waals surface area contributed by atoms with E-state index in [4.69, 9.17) is 0 Å². The smallest absolute Gasteiger partial charge is 0.212 e. The van der Waals surface area contributed by atoms with E-state index in [1.165, 1.54) is 19.3 Å². The van der Waals surface area contributed by atoms with Gasteiger partial charge in [0.15, 0.2) is 0 Å². The molecule has 3 rings (SSSR count). The molecule has 1 aliphatic heterocycles. The molecule has 0 N–H and O–H groups in total. The number of sulfonamides is 1. The molecule has 1 heterocycles. The fourth-order valence-electron chi connectivity index (χ4n) is 3.21. The van der Waals surface area contributed by atoms with Crippen LogP contribution in [0.1, 0.15) is 51.4 Å². The van der Waals surface area contributed by atoms with Gasteiger partial charge in [0, 0.05) is 12.6 Å². The zero-order valence-electron chi connectivity index (χ0n) is 9.77. The van der Waals surface area contributed by atoms with Crippen LogP contribution in [-0.2, 0) is 10.0 Å². The summed E-state index contributed by atoms with van der Waals surface area (Å²) in [4.78, 5) is 0. The van der Waals surface area contributed by atoms with Gasteiger partial charge in [-0.1, -0.05) is 19.3 Å². The van der Waals surface area contributed by atoms with Crippen molar-refractivity contribution in [2.75, 3.05) is 6.54 Å². The Morgan fingerprint density at radius 3 is 2.06 bits per heavy atom. The highest BCUT2D eigenvalue weighted by Gasteiger charge is 2.48. The maximum absolute atomic E-state index is 12.4. The number of hydrogen-bond acceptors (Lipinski definition) is 2. The first-order valence-corrected chi connectivity index (χ1v) is 8.20. The van der Waals surface area contributed by atoms with Gasteiger partial charge in [-0.05, 0) is 38.0 Å². The van der Waals surface area contributed by atoms with Crippen LogP contribution < -0.4 is 0 Å². The summed E-state index contributed by atoms with van der Waals surface area (Å²) in [6, 6.07) is 0.381. The molecule has 0 aromatic carbocycles. The Kier molecular flexibility index (Phi) is 2.75. The zero-order valence-corrected chi connectivity index (χ0v) is 10.6. The van der Waals surface area contributed by atoms with Gasteiger partial charge in [0.1, 0.15) is 0 Å². The second-order valence-electron chi connectivity index (χ2n) is 5.61. The summed E-state index contributed by atoms with van der Waals surface area (Å²) in [7, 11) is -2.95. The molecule has 1 saturated heterocycles. The number of nitrogens with zero attached hydrogens (tertiary/aromatic N) is 1. The van der Waals surface area contributed by atoms with E-state index in [0.717, 1.165) is 38.6 Å². The third kappa shape index (κ3) is 1.80. The van der Waals surface area contributed by atoms with Gasteiger partial charge in [-0.15, -0.1) is 0 Å². The van der Waals surface area contributed by atoms with Gasteiger partial charge in [-0.2, -0.15) is 4.31 Å². The molecule has 3 nitrogen and oxygen atoms in total. The summed E-state index contributed by atoms with van der Waals surface area (Å²) < 4.78 is 26.7. The van der Waals surface area contributed by atoms with Crippen molar-refractivity contribution >= 4 is 10.0 Å². The van der Waals surface area contributed by atoms with Crippen LogP contribution in [0, 0.1) is 5.92 Å². The van der Waals surface area contributed by atoms with Gasteiger partial charge in [-0.25, -0.2) is 8.42 Å². The van der Waals surface area contributed by atoms with Crippen LogP contribution in [0.2, 0.25) is 0 Å². The van der Waals surface area contributed by atoms with Crippen molar-refractivity contribution in [3.8, 4) is 0 Å². The molecule has 0 aromatic rings. The lowest BCUT2D eigenvalue weighted by Crippen LogP contribution is -2.55. The van der Waals surface area contributed by atoms with Gasteiger partial charge in [-0.3, -0.25) is 0 Å². The van der Waals surface area contributed by atoms with E-state index < -0.39 is 10.0 Å². The zero-order chi connectivity index (χ0) is 11.2. The molecule has 3 aliphatic rings. The van der Waals surface area contributed by atoms with Gasteiger partial charge < -0.3 is 0 Å². The minimum atomic E-state index is -2.95. The van der Waals surface area contributed by atoms with E-state index in [2.05, 4.69) is 0 Å². The largest absolute Gasteiger partial charge is 0.217 e. The van der Waals surface area contributed by atoms with Crippen LogP contribution in [0.15, 0.2) is 0 Å². The van der Waals surface area contributed by atoms with Crippen LogP contribution in [0.3, 0.4) is 0 Å². The maximum atomic E-state index is 12.4. The van der Waals surface area contributed by atoms with Crippen molar-refractivity contribution < 1.29 is 8.42 Å². The highest BCUT2D eigenvalue weighted by molar-refractivity contribution is 7.89. The first kappa shape index (κ1) is 11.0. The van der Waals surface area contributed by atoms with Crippen LogP contribution in [-0.4, -0.2) is 30.6 Å². The van der Waals surface area contributed by atoms with E-state index in [-0.39, 0.29) is 5.25 Å². The normalized spacial score (nSPS) is 33.6. The molecule has 92 valence electrons. The standard InChI is InChI=1S/C12H21NO2S/c14-16(15,11-4-2-1-3-5-11)13-9-8-12(13)10-6-7-10/h10-12H,1-9H2. The highest BCUT2D eigenvalue weighted by atomic mass is 32.2. The molecule has 4 heteroatoms. The van der Waals surface area contributed by atoms with Crippen molar-refractivity contribution in [2.24, 2.45) is 5.92 Å². The van der Waals surface area contributed by atoms with Crippen molar-refractivity contribution in [2.45, 2.75) is 62.7 Å². The molecule has 0 radical (unpaired) electrons. The van der Waals surface area contributed by atoms with Gasteiger partial charge >= 0.3 is 0 Å². The number of rotatable bonds is 3. The lowest BCUT2D eigenvalue weighted by Gasteiger charge is -2.42. The SMILES string of the molecule is O=S(=O)(C1CCCCC1)N1CCC1C1CC1. The molecular formula is C12H21NO2S. The molecule has 2 aliphatic carbocycles. The fourth-order valence-corrected chi connectivity index (χ4v) is 5.53. The van der Waals surface area contributed by atoms with Gasteiger partial charge in [0.2, 0.25) is 10.0 Å². The van der Waals surface area contributed by atoms with Crippen LogP contribution >= 0.6 is 0 Å². The third-order valence-electron chi connectivity index (χ3n) is 4.48. The van der Waals surface area contributed by atoms with E-state index >= 15 is 0 Å². The maximum Gasteiger partial charge on any atom is 0.217 e. The highest BCUT2D eigenvalue weighted by Crippen LogP contribution is 2.43. The summed E-state index contributed by atoms with van der Waals surface area (Å²) in [5, 5.41) is -0.0530. The Bertz CT molecular complexity index is 355. The summed E-state index contributed by atoms with van der Waals surface area (Å²) >= 11 is 0. The van der Waals surface area contributed by atoms with Crippen LogP contribution in [0.25, 0.3) is 0 Å².